The van der Waals surface area contributed by atoms with Crippen molar-refractivity contribution in [1.82, 2.24) is 20.9 Å². The Balaban J connectivity index is 1.35. The molecule has 162 valence electrons. The van der Waals surface area contributed by atoms with Crippen molar-refractivity contribution in [1.29, 1.82) is 0 Å². The van der Waals surface area contributed by atoms with Crippen molar-refractivity contribution in [2.45, 2.75) is 56.9 Å². The van der Waals surface area contributed by atoms with E-state index in [1.165, 1.54) is 12.1 Å². The van der Waals surface area contributed by atoms with Crippen LogP contribution in [0.25, 0.3) is 0 Å². The Morgan fingerprint density at radius 3 is 2.47 bits per heavy atom. The molecule has 1 aliphatic carbocycles. The minimum Gasteiger partial charge on any atom is -0.335 e. The molecule has 0 atom stereocenters. The second kappa shape index (κ2) is 10.4. The molecule has 0 unspecified atom stereocenters. The predicted molar refractivity (Wildman–Crippen MR) is 109 cm³/mol. The molecule has 1 fully saturated rings. The summed E-state index contributed by atoms with van der Waals surface area (Å²) in [5.41, 5.74) is 0.697. The summed E-state index contributed by atoms with van der Waals surface area (Å²) in [7, 11) is 0. The molecule has 0 bridgehead atoms. The maximum absolute atomic E-state index is 13.1. The van der Waals surface area contributed by atoms with E-state index >= 15 is 0 Å². The van der Waals surface area contributed by atoms with E-state index in [0.29, 0.717) is 25.1 Å². The Labute approximate surface area is 174 Å². The van der Waals surface area contributed by atoms with E-state index in [2.05, 4.69) is 20.9 Å². The van der Waals surface area contributed by atoms with Crippen LogP contribution in [0, 0.1) is 0 Å². The van der Waals surface area contributed by atoms with Crippen LogP contribution < -0.4 is 16.0 Å². The van der Waals surface area contributed by atoms with Gasteiger partial charge in [0.05, 0.1) is 5.56 Å². The number of alkyl halides is 3. The zero-order valence-electron chi connectivity index (χ0n) is 16.7. The van der Waals surface area contributed by atoms with Crippen LogP contribution in [0.2, 0.25) is 0 Å². The molecule has 0 saturated heterocycles. The van der Waals surface area contributed by atoms with Gasteiger partial charge in [-0.15, -0.1) is 0 Å². The monoisotopic (exact) mass is 420 g/mol. The number of carbonyl (C=O) groups excluding carboxylic acids is 1. The van der Waals surface area contributed by atoms with Crippen LogP contribution >= 0.6 is 0 Å². The van der Waals surface area contributed by atoms with Crippen LogP contribution in [0.15, 0.2) is 48.8 Å². The average molecular weight is 420 g/mol. The van der Waals surface area contributed by atoms with Gasteiger partial charge in [-0.25, -0.2) is 4.79 Å². The highest BCUT2D eigenvalue weighted by atomic mass is 19.4. The molecule has 2 amide bonds. The molecule has 1 aliphatic rings. The van der Waals surface area contributed by atoms with Gasteiger partial charge in [0.25, 0.3) is 0 Å². The summed E-state index contributed by atoms with van der Waals surface area (Å²) >= 11 is 0. The van der Waals surface area contributed by atoms with Crippen LogP contribution in [0.3, 0.4) is 0 Å². The van der Waals surface area contributed by atoms with Crippen molar-refractivity contribution in [3.63, 3.8) is 0 Å². The molecule has 2 aromatic rings. The van der Waals surface area contributed by atoms with Crippen LogP contribution in [-0.4, -0.2) is 29.6 Å². The van der Waals surface area contributed by atoms with Gasteiger partial charge in [0.15, 0.2) is 0 Å². The number of amides is 2. The van der Waals surface area contributed by atoms with Gasteiger partial charge in [0.2, 0.25) is 0 Å². The molecule has 30 heavy (non-hydrogen) atoms. The summed E-state index contributed by atoms with van der Waals surface area (Å²) in [6.45, 7) is 0.928. The number of urea groups is 1. The van der Waals surface area contributed by atoms with Crippen molar-refractivity contribution < 1.29 is 18.0 Å². The van der Waals surface area contributed by atoms with E-state index < -0.39 is 11.7 Å². The highest BCUT2D eigenvalue weighted by Crippen LogP contribution is 2.32. The number of hydrogen-bond donors (Lipinski definition) is 3. The van der Waals surface area contributed by atoms with Crippen molar-refractivity contribution in [3.8, 4) is 0 Å². The molecule has 8 heteroatoms. The second-order valence-electron chi connectivity index (χ2n) is 7.60. The Kier molecular flexibility index (Phi) is 7.68. The van der Waals surface area contributed by atoms with E-state index in [-0.39, 0.29) is 18.1 Å². The van der Waals surface area contributed by atoms with Crippen molar-refractivity contribution in [2.24, 2.45) is 0 Å². The summed E-state index contributed by atoms with van der Waals surface area (Å²) < 4.78 is 39.2. The third-order valence-electron chi connectivity index (χ3n) is 5.39. The highest BCUT2D eigenvalue weighted by molar-refractivity contribution is 5.74. The van der Waals surface area contributed by atoms with Gasteiger partial charge < -0.3 is 16.0 Å². The van der Waals surface area contributed by atoms with Crippen molar-refractivity contribution >= 4 is 6.03 Å². The molecule has 0 aliphatic heterocycles. The number of benzene rings is 1. The quantitative estimate of drug-likeness (QED) is 0.633. The Morgan fingerprint density at radius 2 is 1.77 bits per heavy atom. The molecule has 5 nitrogen and oxygen atoms in total. The van der Waals surface area contributed by atoms with Crippen molar-refractivity contribution in [2.75, 3.05) is 6.54 Å². The first-order valence-electron chi connectivity index (χ1n) is 10.2. The normalized spacial score (nSPS) is 19.3. The van der Waals surface area contributed by atoms with Gasteiger partial charge in [-0.3, -0.25) is 4.98 Å². The summed E-state index contributed by atoms with van der Waals surface area (Å²) in [6.07, 6.45) is 2.87. The fourth-order valence-corrected chi connectivity index (χ4v) is 3.79. The zero-order chi connectivity index (χ0) is 21.4. The molecule has 0 radical (unpaired) electrons. The Morgan fingerprint density at radius 1 is 1.03 bits per heavy atom. The lowest BCUT2D eigenvalue weighted by atomic mass is 9.91. The number of nitrogens with one attached hydrogen (secondary N) is 3. The lowest BCUT2D eigenvalue weighted by Gasteiger charge is -2.30. The zero-order valence-corrected chi connectivity index (χ0v) is 16.7. The molecule has 1 heterocycles. The fourth-order valence-electron chi connectivity index (χ4n) is 3.79. The topological polar surface area (TPSA) is 66.0 Å². The molecule has 1 aromatic carbocycles. The molecule has 1 saturated carbocycles. The minimum absolute atomic E-state index is 0.114. The van der Waals surface area contributed by atoms with E-state index in [0.717, 1.165) is 37.3 Å². The van der Waals surface area contributed by atoms with Gasteiger partial charge in [-0.05, 0) is 61.9 Å². The van der Waals surface area contributed by atoms with Gasteiger partial charge in [-0.2, -0.15) is 13.2 Å². The minimum atomic E-state index is -4.32. The maximum atomic E-state index is 13.1. The maximum Gasteiger partial charge on any atom is 0.416 e. The number of nitrogens with zero attached hydrogens (tertiary/aromatic N) is 1. The number of aromatic nitrogens is 1. The van der Waals surface area contributed by atoms with Crippen molar-refractivity contribution in [3.05, 3.63) is 65.5 Å². The van der Waals surface area contributed by atoms with Gasteiger partial charge in [-0.1, -0.05) is 24.3 Å². The summed E-state index contributed by atoms with van der Waals surface area (Å²) in [6, 6.07) is 9.63. The Bertz CT molecular complexity index is 806. The van der Waals surface area contributed by atoms with Gasteiger partial charge in [0.1, 0.15) is 0 Å². The lowest BCUT2D eigenvalue weighted by molar-refractivity contribution is -0.138. The smallest absolute Gasteiger partial charge is 0.335 e. The number of hydrogen-bond acceptors (Lipinski definition) is 3. The van der Waals surface area contributed by atoms with Crippen LogP contribution in [0.4, 0.5) is 18.0 Å². The van der Waals surface area contributed by atoms with Gasteiger partial charge in [0, 0.05) is 31.0 Å². The summed E-state index contributed by atoms with van der Waals surface area (Å²) in [5, 5.41) is 9.19. The largest absolute Gasteiger partial charge is 0.416 e. The number of rotatable bonds is 7. The molecule has 0 spiro atoms. The molecular formula is C22H27F3N4O. The average Bonchev–Trinajstić information content (AvgIpc) is 2.74. The number of carbonyl (C=O) groups is 1. The molecule has 3 N–H and O–H groups in total. The van der Waals surface area contributed by atoms with E-state index in [1.54, 1.807) is 18.5 Å². The fraction of sp³-hybridized carbons (Fsp3) is 0.455. The predicted octanol–water partition coefficient (Wildman–Crippen LogP) is 4.04. The lowest BCUT2D eigenvalue weighted by Crippen LogP contribution is -2.46. The summed E-state index contributed by atoms with van der Waals surface area (Å²) in [4.78, 5) is 16.1. The number of halogens is 3. The summed E-state index contributed by atoms with van der Waals surface area (Å²) in [5.74, 6) is 0. The van der Waals surface area contributed by atoms with E-state index in [9.17, 15) is 18.0 Å². The standard InChI is InChI=1S/C22H27F3N4O/c23-22(24,25)20-6-2-1-5-17(20)11-13-27-18-7-9-19(10-8-18)29-21(30)28-15-16-4-3-12-26-14-16/h1-6,12,14,18-19,27H,7-11,13,15H2,(H2,28,29,30). The first-order valence-corrected chi connectivity index (χ1v) is 10.2. The van der Waals surface area contributed by atoms with Crippen LogP contribution in [0.1, 0.15) is 42.4 Å². The highest BCUT2D eigenvalue weighted by Gasteiger charge is 2.32. The molecule has 1 aromatic heterocycles. The SMILES string of the molecule is O=C(NCc1cccnc1)NC1CCC(NCCc2ccccc2C(F)(F)F)CC1. The third kappa shape index (κ3) is 6.73. The van der Waals surface area contributed by atoms with E-state index in [4.69, 9.17) is 0 Å². The Hall–Kier alpha value is -2.61. The first-order chi connectivity index (χ1) is 14.4. The van der Waals surface area contributed by atoms with Crippen LogP contribution in [-0.2, 0) is 19.1 Å². The molecule has 3 rings (SSSR count). The first kappa shape index (κ1) is 22.1. The number of pyridine rings is 1. The third-order valence-corrected chi connectivity index (χ3v) is 5.39. The molecular weight excluding hydrogens is 393 g/mol. The van der Waals surface area contributed by atoms with Crippen LogP contribution in [0.5, 0.6) is 0 Å². The van der Waals surface area contributed by atoms with Gasteiger partial charge >= 0.3 is 12.2 Å². The van der Waals surface area contributed by atoms with E-state index in [1.807, 2.05) is 12.1 Å². The second-order valence-corrected chi connectivity index (χ2v) is 7.60.